The minimum atomic E-state index is 0.293. The average molecular weight is 607 g/mol. The van der Waals surface area contributed by atoms with Gasteiger partial charge >= 0.3 is 0 Å². The molecule has 222 valence electrons. The lowest BCUT2D eigenvalue weighted by molar-refractivity contribution is 0.525. The molecule has 48 heavy (non-hydrogen) atoms. The predicted octanol–water partition coefficient (Wildman–Crippen LogP) is 11.7. The lowest BCUT2D eigenvalue weighted by Crippen LogP contribution is -2.37. The molecule has 0 atom stereocenters. The van der Waals surface area contributed by atoms with E-state index in [1.165, 1.54) is 99.9 Å². The summed E-state index contributed by atoms with van der Waals surface area (Å²) < 4.78 is 0. The molecule has 1 saturated carbocycles. The molecule has 0 bridgehead atoms. The second-order valence-corrected chi connectivity index (χ2v) is 14.2. The van der Waals surface area contributed by atoms with E-state index in [0.717, 1.165) is 0 Å². The van der Waals surface area contributed by atoms with Crippen LogP contribution in [0.15, 0.2) is 180 Å². The molecule has 0 heteroatoms. The van der Waals surface area contributed by atoms with Crippen molar-refractivity contribution in [1.29, 1.82) is 0 Å². The number of rotatable bonds is 2. The van der Waals surface area contributed by atoms with Crippen molar-refractivity contribution in [3.8, 4) is 22.3 Å². The van der Waals surface area contributed by atoms with Crippen LogP contribution < -0.4 is 0 Å². The molecule has 12 rings (SSSR count). The topological polar surface area (TPSA) is 0 Å². The standard InChI is InChI=1S/C48H30/c1-3-11-27(12-4-1)41-31-17-9-10-18-32(31)42(28-13-5-2-6-14-28)48-40-26-24-38-36-22-20-34-30-16-8-7-15-29(30)33-19-21-35(44(36)43(33)34)37-23-25-39(47(41)48)46(40)45(37)38/h1-26,43-46H. The molecule has 0 heterocycles. The van der Waals surface area contributed by atoms with Crippen LogP contribution in [0, 0.1) is 23.7 Å². The Balaban J connectivity index is 1.17. The molecule has 0 N–H and O–H groups in total. The number of hydrogen-bond acceptors (Lipinski definition) is 0. The maximum absolute atomic E-state index is 2.51. The molecule has 0 unspecified atom stereocenters. The third-order valence-electron chi connectivity index (χ3n) is 12.3. The van der Waals surface area contributed by atoms with Gasteiger partial charge in [0.1, 0.15) is 0 Å². The first-order valence-electron chi connectivity index (χ1n) is 17.3. The summed E-state index contributed by atoms with van der Waals surface area (Å²) in [5.74, 6) is 1.39. The van der Waals surface area contributed by atoms with Gasteiger partial charge in [0.15, 0.2) is 0 Å². The highest BCUT2D eigenvalue weighted by Crippen LogP contribution is 2.68. The Morgan fingerprint density at radius 2 is 0.562 bits per heavy atom. The fourth-order valence-corrected chi connectivity index (χ4v) is 10.6. The summed E-state index contributed by atoms with van der Waals surface area (Å²) in [5.41, 5.74) is 23.0. The molecule has 0 amide bonds. The van der Waals surface area contributed by atoms with Gasteiger partial charge in [-0.25, -0.2) is 0 Å². The van der Waals surface area contributed by atoms with Crippen molar-refractivity contribution in [3.63, 3.8) is 0 Å². The summed E-state index contributed by atoms with van der Waals surface area (Å²) in [7, 11) is 0. The zero-order chi connectivity index (χ0) is 31.1. The number of hydrogen-bond donors (Lipinski definition) is 0. The van der Waals surface area contributed by atoms with E-state index in [4.69, 9.17) is 0 Å². The van der Waals surface area contributed by atoms with Crippen LogP contribution in [0.1, 0.15) is 22.3 Å². The van der Waals surface area contributed by atoms with Gasteiger partial charge in [-0.1, -0.05) is 158 Å². The minimum Gasteiger partial charge on any atom is -0.0622 e. The van der Waals surface area contributed by atoms with Crippen LogP contribution in [-0.2, 0) is 0 Å². The highest BCUT2D eigenvalue weighted by atomic mass is 14.6. The Morgan fingerprint density at radius 3 is 1.00 bits per heavy atom. The molecule has 0 nitrogen and oxygen atoms in total. The maximum atomic E-state index is 2.51. The maximum Gasteiger partial charge on any atom is 0.0212 e. The first kappa shape index (κ1) is 25.4. The van der Waals surface area contributed by atoms with Crippen LogP contribution in [-0.4, -0.2) is 0 Å². The molecule has 5 aromatic carbocycles. The second kappa shape index (κ2) is 9.00. The van der Waals surface area contributed by atoms with Crippen LogP contribution in [0.5, 0.6) is 0 Å². The third-order valence-corrected chi connectivity index (χ3v) is 12.3. The highest BCUT2D eigenvalue weighted by Gasteiger charge is 2.54. The Hall–Kier alpha value is -5.72. The van der Waals surface area contributed by atoms with Gasteiger partial charge in [0.25, 0.3) is 0 Å². The van der Waals surface area contributed by atoms with Crippen LogP contribution in [0.3, 0.4) is 0 Å². The van der Waals surface area contributed by atoms with E-state index in [-0.39, 0.29) is 0 Å². The SMILES string of the molecule is C1=C2C3=CC=C4c5c(c(-c6ccccc6)c6ccccc6c5-c5ccccc5)C5=CC=C(C6=CC=C7c8ccccc8C(=C1)C7C26)C3C45. The van der Waals surface area contributed by atoms with Crippen molar-refractivity contribution in [2.75, 3.05) is 0 Å². The first-order valence-corrected chi connectivity index (χ1v) is 17.3. The highest BCUT2D eigenvalue weighted by molar-refractivity contribution is 6.18. The monoisotopic (exact) mass is 606 g/mol. The van der Waals surface area contributed by atoms with E-state index in [1.54, 1.807) is 0 Å². The van der Waals surface area contributed by atoms with E-state index >= 15 is 0 Å². The van der Waals surface area contributed by atoms with Crippen molar-refractivity contribution in [3.05, 3.63) is 202 Å². The van der Waals surface area contributed by atoms with Gasteiger partial charge in [-0.3, -0.25) is 0 Å². The Labute approximate surface area is 280 Å². The molecule has 0 spiro atoms. The smallest absolute Gasteiger partial charge is 0.0212 e. The normalized spacial score (nSPS) is 24.4. The summed E-state index contributed by atoms with van der Waals surface area (Å²) in [4.78, 5) is 0. The molecule has 7 aliphatic carbocycles. The minimum absolute atomic E-state index is 0.293. The van der Waals surface area contributed by atoms with Crippen molar-refractivity contribution >= 4 is 33.1 Å². The predicted molar refractivity (Wildman–Crippen MR) is 199 cm³/mol. The zero-order valence-electron chi connectivity index (χ0n) is 26.3. The van der Waals surface area contributed by atoms with Gasteiger partial charge in [0, 0.05) is 23.7 Å². The van der Waals surface area contributed by atoms with Gasteiger partial charge < -0.3 is 0 Å². The molecule has 0 aromatic heterocycles. The zero-order valence-corrected chi connectivity index (χ0v) is 26.3. The molecule has 7 aliphatic rings. The van der Waals surface area contributed by atoms with Crippen LogP contribution >= 0.6 is 0 Å². The molecule has 1 fully saturated rings. The Bertz CT molecular complexity index is 2410. The quantitative estimate of drug-likeness (QED) is 0.188. The van der Waals surface area contributed by atoms with Crippen molar-refractivity contribution in [1.82, 2.24) is 0 Å². The van der Waals surface area contributed by atoms with Gasteiger partial charge in [-0.2, -0.15) is 0 Å². The second-order valence-electron chi connectivity index (χ2n) is 14.2. The number of fused-ring (bicyclic) bond motifs is 9. The largest absolute Gasteiger partial charge is 0.0622 e. The van der Waals surface area contributed by atoms with Crippen LogP contribution in [0.25, 0.3) is 55.3 Å². The third kappa shape index (κ3) is 2.99. The number of benzene rings is 5. The Kier molecular flexibility index (Phi) is 4.76. The van der Waals surface area contributed by atoms with E-state index in [0.29, 0.717) is 23.7 Å². The fraction of sp³-hybridized carbons (Fsp3) is 0.0833. The molecule has 0 aliphatic heterocycles. The van der Waals surface area contributed by atoms with Crippen LogP contribution in [0.2, 0.25) is 0 Å². The van der Waals surface area contributed by atoms with E-state index in [2.05, 4.69) is 158 Å². The molecular weight excluding hydrogens is 577 g/mol. The molecular formula is C48H30. The molecule has 0 saturated heterocycles. The summed E-state index contributed by atoms with van der Waals surface area (Å²) in [5, 5.41) is 2.66. The first-order chi connectivity index (χ1) is 23.9. The summed E-state index contributed by atoms with van der Waals surface area (Å²) in [6.45, 7) is 0. The summed E-state index contributed by atoms with van der Waals surface area (Å²) in [6, 6.07) is 40.4. The van der Waals surface area contributed by atoms with E-state index in [9.17, 15) is 0 Å². The van der Waals surface area contributed by atoms with Crippen LogP contribution in [0.4, 0.5) is 0 Å². The van der Waals surface area contributed by atoms with Gasteiger partial charge in [0.2, 0.25) is 0 Å². The summed E-state index contributed by atoms with van der Waals surface area (Å²) >= 11 is 0. The molecule has 0 radical (unpaired) electrons. The van der Waals surface area contributed by atoms with Crippen molar-refractivity contribution < 1.29 is 0 Å². The fourth-order valence-electron chi connectivity index (χ4n) is 10.6. The lowest BCUT2D eigenvalue weighted by Gasteiger charge is -2.48. The number of allylic oxidation sites excluding steroid dienone is 16. The summed E-state index contributed by atoms with van der Waals surface area (Å²) in [6.07, 6.45) is 19.9. The average Bonchev–Trinajstić information content (AvgIpc) is 3.67. The van der Waals surface area contributed by atoms with Gasteiger partial charge in [-0.05, 0) is 99.9 Å². The lowest BCUT2D eigenvalue weighted by atomic mass is 9.54. The van der Waals surface area contributed by atoms with Crippen molar-refractivity contribution in [2.24, 2.45) is 23.7 Å². The van der Waals surface area contributed by atoms with E-state index < -0.39 is 0 Å². The Morgan fingerprint density at radius 1 is 0.250 bits per heavy atom. The van der Waals surface area contributed by atoms with E-state index in [1.807, 2.05) is 0 Å². The van der Waals surface area contributed by atoms with Gasteiger partial charge in [0.05, 0.1) is 0 Å². The van der Waals surface area contributed by atoms with Gasteiger partial charge in [-0.15, -0.1) is 0 Å². The molecule has 5 aromatic rings. The van der Waals surface area contributed by atoms with Crippen molar-refractivity contribution in [2.45, 2.75) is 0 Å².